The van der Waals surface area contributed by atoms with E-state index in [9.17, 15) is 8.42 Å². The van der Waals surface area contributed by atoms with Gasteiger partial charge in [0.15, 0.2) is 16.6 Å². The molecule has 3 rings (SSSR count). The third kappa shape index (κ3) is 3.33. The van der Waals surface area contributed by atoms with E-state index in [1.807, 2.05) is 0 Å². The third-order valence-corrected chi connectivity index (χ3v) is 5.03. The molecule has 10 nitrogen and oxygen atoms in total. The fraction of sp³-hybridized carbons (Fsp3) is 0. The molecule has 124 valence electrons. The van der Waals surface area contributed by atoms with Crippen molar-refractivity contribution < 1.29 is 8.42 Å². The van der Waals surface area contributed by atoms with Crippen LogP contribution in [-0.4, -0.2) is 23.6 Å². The van der Waals surface area contributed by atoms with Crippen LogP contribution in [0.5, 0.6) is 0 Å². The summed E-state index contributed by atoms with van der Waals surface area (Å²) in [5.74, 6) is 0.325. The van der Waals surface area contributed by atoms with E-state index in [2.05, 4.69) is 30.1 Å². The van der Waals surface area contributed by atoms with Gasteiger partial charge in [0.1, 0.15) is 5.82 Å². The van der Waals surface area contributed by atoms with Crippen molar-refractivity contribution in [3.63, 3.8) is 0 Å². The van der Waals surface area contributed by atoms with Crippen molar-refractivity contribution in [2.75, 3.05) is 16.2 Å². The molecule has 0 saturated heterocycles. The van der Waals surface area contributed by atoms with Gasteiger partial charge >= 0.3 is 0 Å². The molecule has 12 heteroatoms. The van der Waals surface area contributed by atoms with Gasteiger partial charge in [0.05, 0.1) is 10.6 Å². The number of azo groups is 1. The molecule has 1 aromatic carbocycles. The largest absolute Gasteiger partial charge is 0.382 e. The number of benzene rings is 1. The fourth-order valence-electron chi connectivity index (χ4n) is 1.72. The second-order valence-electron chi connectivity index (χ2n) is 4.51. The molecule has 0 aliphatic heterocycles. The minimum atomic E-state index is -3.70. The van der Waals surface area contributed by atoms with E-state index >= 15 is 0 Å². The first-order valence-corrected chi connectivity index (χ1v) is 8.85. The summed E-state index contributed by atoms with van der Waals surface area (Å²) in [7, 11) is -3.70. The average Bonchev–Trinajstić information content (AvgIpc) is 3.16. The Morgan fingerprint density at radius 3 is 2.50 bits per heavy atom. The van der Waals surface area contributed by atoms with E-state index in [-0.39, 0.29) is 22.2 Å². The van der Waals surface area contributed by atoms with Crippen LogP contribution in [0.15, 0.2) is 51.0 Å². The van der Waals surface area contributed by atoms with E-state index in [4.69, 9.17) is 11.5 Å². The maximum absolute atomic E-state index is 12.2. The van der Waals surface area contributed by atoms with Gasteiger partial charge in [-0.2, -0.15) is 10.2 Å². The van der Waals surface area contributed by atoms with Gasteiger partial charge in [-0.3, -0.25) is 9.82 Å². The molecular weight excluding hydrogens is 352 g/mol. The molecule has 0 fully saturated rings. The number of sulfonamides is 1. The molecule has 24 heavy (non-hydrogen) atoms. The molecular formula is C12H12N8O2S2. The number of nitrogen functional groups attached to an aromatic ring is 2. The van der Waals surface area contributed by atoms with Crippen LogP contribution in [0.25, 0.3) is 0 Å². The van der Waals surface area contributed by atoms with Crippen molar-refractivity contribution in [2.45, 2.75) is 4.90 Å². The lowest BCUT2D eigenvalue weighted by atomic mass is 10.3. The molecule has 0 spiro atoms. The Hall–Kier alpha value is -2.99. The lowest BCUT2D eigenvalue weighted by Gasteiger charge is -2.04. The number of hydrogen-bond acceptors (Lipinski definition) is 9. The number of aromatic amines is 1. The molecule has 0 amide bonds. The van der Waals surface area contributed by atoms with Crippen molar-refractivity contribution in [3.8, 4) is 0 Å². The predicted molar refractivity (Wildman–Crippen MR) is 91.0 cm³/mol. The maximum Gasteiger partial charge on any atom is 0.263 e. The van der Waals surface area contributed by atoms with Crippen LogP contribution in [0.4, 0.5) is 28.1 Å². The Labute approximate surface area is 140 Å². The van der Waals surface area contributed by atoms with E-state index in [1.165, 1.54) is 41.8 Å². The summed E-state index contributed by atoms with van der Waals surface area (Å²) in [6.07, 6.45) is 1.51. The van der Waals surface area contributed by atoms with Crippen LogP contribution in [0, 0.1) is 0 Å². The Morgan fingerprint density at radius 1 is 1.17 bits per heavy atom. The van der Waals surface area contributed by atoms with E-state index < -0.39 is 10.0 Å². The summed E-state index contributed by atoms with van der Waals surface area (Å²) in [5, 5.41) is 16.0. The Kier molecular flexibility index (Phi) is 4.14. The zero-order chi connectivity index (χ0) is 17.2. The summed E-state index contributed by atoms with van der Waals surface area (Å²) < 4.78 is 26.8. The lowest BCUT2D eigenvalue weighted by Crippen LogP contribution is -2.12. The Morgan fingerprint density at radius 2 is 1.92 bits per heavy atom. The quantitative estimate of drug-likeness (QED) is 0.507. The summed E-state index contributed by atoms with van der Waals surface area (Å²) in [5.41, 5.74) is 11.9. The standard InChI is InChI=1S/C12H12N8O2S2/c13-10-9(11(14)19-18-10)17-16-7-1-3-8(4-2-7)24(21,22)20-12-15-5-6-23-12/h1-6H,(H,15,20)(H5,13,14,18,19). The Bertz CT molecular complexity index is 942. The SMILES string of the molecule is Nc1n[nH]c(N)c1N=Nc1ccc(S(=O)(=O)Nc2nccs2)cc1. The van der Waals surface area contributed by atoms with Gasteiger partial charge in [-0.05, 0) is 24.3 Å². The van der Waals surface area contributed by atoms with Gasteiger partial charge in [0, 0.05) is 11.6 Å². The number of hydrogen-bond donors (Lipinski definition) is 4. The van der Waals surface area contributed by atoms with Gasteiger partial charge in [-0.15, -0.1) is 16.5 Å². The number of nitrogens with zero attached hydrogens (tertiary/aromatic N) is 4. The molecule has 0 aliphatic rings. The number of anilines is 3. The van der Waals surface area contributed by atoms with E-state index in [0.29, 0.717) is 10.8 Å². The van der Waals surface area contributed by atoms with Gasteiger partial charge in [-0.1, -0.05) is 0 Å². The zero-order valence-electron chi connectivity index (χ0n) is 12.0. The number of aromatic nitrogens is 3. The molecule has 2 heterocycles. The number of nitrogens with two attached hydrogens (primary N) is 2. The summed E-state index contributed by atoms with van der Waals surface area (Å²) in [6.45, 7) is 0. The van der Waals surface area contributed by atoms with Gasteiger partial charge in [-0.25, -0.2) is 13.4 Å². The molecule has 2 aromatic heterocycles. The number of thiazole rings is 1. The molecule has 3 aromatic rings. The molecule has 0 saturated carbocycles. The summed E-state index contributed by atoms with van der Waals surface area (Å²) in [4.78, 5) is 3.96. The van der Waals surface area contributed by atoms with Crippen molar-refractivity contribution in [1.82, 2.24) is 15.2 Å². The second-order valence-corrected chi connectivity index (χ2v) is 7.08. The first-order chi connectivity index (χ1) is 11.5. The second kappa shape index (κ2) is 6.25. The average molecular weight is 364 g/mol. The molecule has 0 unspecified atom stereocenters. The van der Waals surface area contributed by atoms with Crippen molar-refractivity contribution in [1.29, 1.82) is 0 Å². The summed E-state index contributed by atoms with van der Waals surface area (Å²) in [6, 6.07) is 5.83. The van der Waals surface area contributed by atoms with Crippen molar-refractivity contribution >= 4 is 49.5 Å². The van der Waals surface area contributed by atoms with Crippen LogP contribution in [0.3, 0.4) is 0 Å². The highest BCUT2D eigenvalue weighted by atomic mass is 32.2. The van der Waals surface area contributed by atoms with Crippen LogP contribution < -0.4 is 16.2 Å². The number of rotatable bonds is 5. The monoisotopic (exact) mass is 364 g/mol. The van der Waals surface area contributed by atoms with Crippen LogP contribution in [-0.2, 0) is 10.0 Å². The van der Waals surface area contributed by atoms with Gasteiger partial charge < -0.3 is 11.5 Å². The van der Waals surface area contributed by atoms with Crippen LogP contribution >= 0.6 is 11.3 Å². The maximum atomic E-state index is 12.2. The highest BCUT2D eigenvalue weighted by Crippen LogP contribution is 2.28. The predicted octanol–water partition coefficient (Wildman–Crippen LogP) is 2.25. The molecule has 0 radical (unpaired) electrons. The molecule has 6 N–H and O–H groups in total. The minimum absolute atomic E-state index is 0.0824. The minimum Gasteiger partial charge on any atom is -0.382 e. The van der Waals surface area contributed by atoms with Crippen molar-refractivity contribution in [3.05, 3.63) is 35.8 Å². The zero-order valence-corrected chi connectivity index (χ0v) is 13.7. The van der Waals surface area contributed by atoms with E-state index in [0.717, 1.165) is 0 Å². The lowest BCUT2D eigenvalue weighted by molar-refractivity contribution is 0.601. The normalized spacial score (nSPS) is 11.8. The molecule has 0 aliphatic carbocycles. The van der Waals surface area contributed by atoms with Crippen LogP contribution in [0.2, 0.25) is 0 Å². The fourth-order valence-corrected chi connectivity index (χ4v) is 3.51. The highest BCUT2D eigenvalue weighted by molar-refractivity contribution is 7.93. The molecule has 0 bridgehead atoms. The molecule has 0 atom stereocenters. The van der Waals surface area contributed by atoms with Gasteiger partial charge in [0.2, 0.25) is 0 Å². The van der Waals surface area contributed by atoms with E-state index in [1.54, 1.807) is 5.38 Å². The Balaban J connectivity index is 1.78. The van der Waals surface area contributed by atoms with Crippen LogP contribution in [0.1, 0.15) is 0 Å². The smallest absolute Gasteiger partial charge is 0.263 e. The summed E-state index contributed by atoms with van der Waals surface area (Å²) >= 11 is 1.19. The number of nitrogens with one attached hydrogen (secondary N) is 2. The van der Waals surface area contributed by atoms with Crippen molar-refractivity contribution in [2.24, 2.45) is 10.2 Å². The van der Waals surface area contributed by atoms with Gasteiger partial charge in [0.25, 0.3) is 10.0 Å². The third-order valence-electron chi connectivity index (χ3n) is 2.86. The number of H-pyrrole nitrogens is 1. The first-order valence-electron chi connectivity index (χ1n) is 6.49. The topological polar surface area (TPSA) is 164 Å². The highest BCUT2D eigenvalue weighted by Gasteiger charge is 2.15. The first kappa shape index (κ1) is 15.9.